The normalized spacial score (nSPS) is 18.2. The first-order valence-electron chi connectivity index (χ1n) is 7.65. The van der Waals surface area contributed by atoms with E-state index in [2.05, 4.69) is 11.4 Å². The molecule has 1 atom stereocenters. The van der Waals surface area contributed by atoms with E-state index in [9.17, 15) is 4.79 Å². The fourth-order valence-corrected chi connectivity index (χ4v) is 4.23. The highest BCUT2D eigenvalue weighted by atomic mass is 32.1. The summed E-state index contributed by atoms with van der Waals surface area (Å²) in [6, 6.07) is 7.79. The van der Waals surface area contributed by atoms with Gasteiger partial charge in [0.25, 0.3) is 0 Å². The number of furan rings is 1. The summed E-state index contributed by atoms with van der Waals surface area (Å²) in [5.41, 5.74) is -0.352. The molecule has 0 radical (unpaired) electrons. The van der Waals surface area contributed by atoms with Gasteiger partial charge in [-0.05, 0) is 36.4 Å². The van der Waals surface area contributed by atoms with Gasteiger partial charge >= 0.3 is 0 Å². The summed E-state index contributed by atoms with van der Waals surface area (Å²) in [6.07, 6.45) is 5.44. The monoisotopic (exact) mass is 319 g/mol. The number of amides is 1. The highest BCUT2D eigenvalue weighted by Gasteiger charge is 2.43. The van der Waals surface area contributed by atoms with Gasteiger partial charge in [0.05, 0.1) is 18.2 Å². The topological polar surface area (TPSA) is 51.5 Å². The maximum Gasteiger partial charge on any atom is 0.231 e. The second-order valence-electron chi connectivity index (χ2n) is 5.72. The number of nitrogens with one attached hydrogen (secondary N) is 1. The van der Waals surface area contributed by atoms with Crippen LogP contribution in [0.1, 0.15) is 42.4 Å². The molecule has 0 aromatic carbocycles. The minimum absolute atomic E-state index is 0.112. The van der Waals surface area contributed by atoms with E-state index in [1.54, 1.807) is 24.7 Å². The number of hydrogen-bond donors (Lipinski definition) is 1. The van der Waals surface area contributed by atoms with Crippen LogP contribution in [0.3, 0.4) is 0 Å². The Bertz CT molecular complexity index is 585. The minimum atomic E-state index is -0.352. The predicted molar refractivity (Wildman–Crippen MR) is 85.9 cm³/mol. The van der Waals surface area contributed by atoms with Crippen LogP contribution in [-0.4, -0.2) is 19.6 Å². The van der Waals surface area contributed by atoms with Gasteiger partial charge in [0, 0.05) is 12.0 Å². The zero-order valence-corrected chi connectivity index (χ0v) is 13.5. The Balaban J connectivity index is 1.70. The van der Waals surface area contributed by atoms with Crippen molar-refractivity contribution in [2.75, 3.05) is 13.7 Å². The van der Waals surface area contributed by atoms with Crippen molar-refractivity contribution in [1.82, 2.24) is 5.32 Å². The largest absolute Gasteiger partial charge is 0.467 e. The highest BCUT2D eigenvalue weighted by molar-refractivity contribution is 7.10. The van der Waals surface area contributed by atoms with Crippen LogP contribution in [0.25, 0.3) is 0 Å². The first-order chi connectivity index (χ1) is 10.8. The number of carbonyl (C=O) groups is 1. The van der Waals surface area contributed by atoms with Gasteiger partial charge < -0.3 is 14.5 Å². The van der Waals surface area contributed by atoms with Crippen molar-refractivity contribution in [2.45, 2.75) is 37.2 Å². The van der Waals surface area contributed by atoms with Gasteiger partial charge in [-0.25, -0.2) is 0 Å². The van der Waals surface area contributed by atoms with Gasteiger partial charge in [0.2, 0.25) is 5.91 Å². The van der Waals surface area contributed by atoms with Crippen molar-refractivity contribution in [1.29, 1.82) is 0 Å². The number of hydrogen-bond acceptors (Lipinski definition) is 4. The van der Waals surface area contributed by atoms with Crippen LogP contribution in [0, 0.1) is 0 Å². The molecule has 1 amide bonds. The number of ether oxygens (including phenoxy) is 1. The van der Waals surface area contributed by atoms with E-state index in [4.69, 9.17) is 9.15 Å². The second kappa shape index (κ2) is 6.67. The average molecular weight is 319 g/mol. The SMILES string of the molecule is COC(CNC(=O)C1(c2cccs2)CCCC1)c1ccco1. The summed E-state index contributed by atoms with van der Waals surface area (Å²) in [5, 5.41) is 5.12. The molecule has 4 nitrogen and oxygen atoms in total. The fourth-order valence-electron chi connectivity index (χ4n) is 3.24. The molecule has 5 heteroatoms. The van der Waals surface area contributed by atoms with Gasteiger partial charge in [-0.1, -0.05) is 18.9 Å². The predicted octanol–water partition coefficient (Wildman–Crippen LogP) is 3.66. The number of thiophene rings is 1. The van der Waals surface area contributed by atoms with E-state index in [0.29, 0.717) is 6.54 Å². The second-order valence-corrected chi connectivity index (χ2v) is 6.66. The van der Waals surface area contributed by atoms with Crippen molar-refractivity contribution >= 4 is 17.2 Å². The Kier molecular flexibility index (Phi) is 4.64. The molecule has 1 aliphatic rings. The Hall–Kier alpha value is -1.59. The Morgan fingerprint density at radius 1 is 1.41 bits per heavy atom. The summed E-state index contributed by atoms with van der Waals surface area (Å²) in [7, 11) is 1.63. The molecule has 0 saturated heterocycles. The van der Waals surface area contributed by atoms with E-state index >= 15 is 0 Å². The first kappa shape index (κ1) is 15.3. The molecule has 1 N–H and O–H groups in total. The first-order valence-corrected chi connectivity index (χ1v) is 8.53. The molecular weight excluding hydrogens is 298 g/mol. The third-order valence-corrected chi connectivity index (χ3v) is 5.55. The Morgan fingerprint density at radius 2 is 2.23 bits per heavy atom. The molecule has 2 aromatic heterocycles. The average Bonchev–Trinajstić information content (AvgIpc) is 3.27. The molecule has 1 saturated carbocycles. The lowest BCUT2D eigenvalue weighted by Gasteiger charge is -2.27. The van der Waals surface area contributed by atoms with Crippen molar-refractivity contribution in [3.8, 4) is 0 Å². The molecule has 2 heterocycles. The molecular formula is C17H21NO3S. The van der Waals surface area contributed by atoms with Crippen LogP contribution >= 0.6 is 11.3 Å². The zero-order valence-electron chi connectivity index (χ0n) is 12.7. The van der Waals surface area contributed by atoms with Gasteiger partial charge in [-0.2, -0.15) is 0 Å². The van der Waals surface area contributed by atoms with Crippen molar-refractivity contribution in [3.63, 3.8) is 0 Å². The maximum absolute atomic E-state index is 12.9. The lowest BCUT2D eigenvalue weighted by Crippen LogP contribution is -2.43. The molecule has 1 fully saturated rings. The Morgan fingerprint density at radius 3 is 2.82 bits per heavy atom. The van der Waals surface area contributed by atoms with Gasteiger partial charge in [0.1, 0.15) is 11.9 Å². The van der Waals surface area contributed by atoms with Crippen LogP contribution in [0.2, 0.25) is 0 Å². The van der Waals surface area contributed by atoms with Crippen LogP contribution < -0.4 is 5.32 Å². The highest BCUT2D eigenvalue weighted by Crippen LogP contribution is 2.43. The molecule has 0 spiro atoms. The molecule has 0 aliphatic heterocycles. The number of methoxy groups -OCH3 is 1. The third kappa shape index (κ3) is 2.83. The van der Waals surface area contributed by atoms with Crippen LogP contribution in [-0.2, 0) is 14.9 Å². The van der Waals surface area contributed by atoms with Crippen LogP contribution in [0.15, 0.2) is 40.3 Å². The quantitative estimate of drug-likeness (QED) is 0.884. The smallest absolute Gasteiger partial charge is 0.231 e. The molecule has 1 unspecified atom stereocenters. The van der Waals surface area contributed by atoms with Gasteiger partial charge in [0.15, 0.2) is 0 Å². The number of carbonyl (C=O) groups excluding carboxylic acids is 1. The number of rotatable bonds is 6. The summed E-state index contributed by atoms with van der Waals surface area (Å²) < 4.78 is 10.8. The zero-order chi connectivity index (χ0) is 15.4. The fraction of sp³-hybridized carbons (Fsp3) is 0.471. The van der Waals surface area contributed by atoms with E-state index in [1.807, 2.05) is 23.6 Å². The summed E-state index contributed by atoms with van der Waals surface area (Å²) in [4.78, 5) is 14.0. The van der Waals surface area contributed by atoms with Crippen LogP contribution in [0.4, 0.5) is 0 Å². The molecule has 3 rings (SSSR count). The van der Waals surface area contributed by atoms with Gasteiger partial charge in [-0.15, -0.1) is 11.3 Å². The minimum Gasteiger partial charge on any atom is -0.467 e. The molecule has 0 bridgehead atoms. The maximum atomic E-state index is 12.9. The van der Waals surface area contributed by atoms with Crippen LogP contribution in [0.5, 0.6) is 0 Å². The van der Waals surface area contributed by atoms with Crippen molar-refractivity contribution in [2.24, 2.45) is 0 Å². The lowest BCUT2D eigenvalue weighted by molar-refractivity contribution is -0.127. The van der Waals surface area contributed by atoms with E-state index in [0.717, 1.165) is 31.4 Å². The molecule has 2 aromatic rings. The van der Waals surface area contributed by atoms with E-state index < -0.39 is 0 Å². The van der Waals surface area contributed by atoms with E-state index in [-0.39, 0.29) is 17.4 Å². The molecule has 1 aliphatic carbocycles. The molecule has 22 heavy (non-hydrogen) atoms. The van der Waals surface area contributed by atoms with Gasteiger partial charge in [-0.3, -0.25) is 4.79 Å². The lowest BCUT2D eigenvalue weighted by atomic mass is 9.83. The van der Waals surface area contributed by atoms with Crippen molar-refractivity contribution < 1.29 is 13.9 Å². The standard InChI is InChI=1S/C17H21NO3S/c1-20-14(13-6-4-10-21-13)12-18-16(19)17(8-2-3-9-17)15-7-5-11-22-15/h4-7,10-11,14H,2-3,8-9,12H2,1H3,(H,18,19). The molecule has 118 valence electrons. The summed E-state index contributed by atoms with van der Waals surface area (Å²) in [5.74, 6) is 0.848. The van der Waals surface area contributed by atoms with Crippen molar-refractivity contribution in [3.05, 3.63) is 46.5 Å². The van der Waals surface area contributed by atoms with E-state index in [1.165, 1.54) is 4.88 Å². The summed E-state index contributed by atoms with van der Waals surface area (Å²) in [6.45, 7) is 0.427. The summed E-state index contributed by atoms with van der Waals surface area (Å²) >= 11 is 1.67. The third-order valence-electron chi connectivity index (χ3n) is 4.48. The Labute approximate surface area is 134 Å².